The quantitative estimate of drug-likeness (QED) is 0.568. The maximum absolute atomic E-state index is 5.44. The van der Waals surface area contributed by atoms with Gasteiger partial charge in [0, 0.05) is 30.8 Å². The minimum atomic E-state index is 0.472. The van der Waals surface area contributed by atoms with E-state index in [0.29, 0.717) is 17.6 Å². The summed E-state index contributed by atoms with van der Waals surface area (Å²) < 4.78 is 1.81. The Morgan fingerprint density at radius 2 is 1.95 bits per heavy atom. The van der Waals surface area contributed by atoms with E-state index in [1.54, 1.807) is 6.07 Å². The van der Waals surface area contributed by atoms with Gasteiger partial charge in [-0.3, -0.25) is 4.68 Å². The summed E-state index contributed by atoms with van der Waals surface area (Å²) in [6.07, 6.45) is 2.30. The number of hydrazine groups is 1. The van der Waals surface area contributed by atoms with E-state index in [2.05, 4.69) is 25.8 Å². The number of aryl methyl sites for hydroxylation is 2. The SMILES string of the molecule is Cc1cc(Nc2cc(NN)nc(C3CC3)n2)nn1C. The second-order valence-electron chi connectivity index (χ2n) is 4.83. The van der Waals surface area contributed by atoms with Crippen LogP contribution in [0.4, 0.5) is 17.5 Å². The molecule has 0 atom stereocenters. The predicted octanol–water partition coefficient (Wildman–Crippen LogP) is 1.43. The van der Waals surface area contributed by atoms with Crippen LogP contribution in [0.3, 0.4) is 0 Å². The second-order valence-corrected chi connectivity index (χ2v) is 4.83. The Morgan fingerprint density at radius 1 is 1.21 bits per heavy atom. The number of hydrogen-bond acceptors (Lipinski definition) is 6. The van der Waals surface area contributed by atoms with Crippen LogP contribution in [0.5, 0.6) is 0 Å². The van der Waals surface area contributed by atoms with Gasteiger partial charge in [0.05, 0.1) is 0 Å². The van der Waals surface area contributed by atoms with Gasteiger partial charge >= 0.3 is 0 Å². The van der Waals surface area contributed by atoms with Gasteiger partial charge in [-0.25, -0.2) is 15.8 Å². The summed E-state index contributed by atoms with van der Waals surface area (Å²) in [4.78, 5) is 8.88. The van der Waals surface area contributed by atoms with Crippen LogP contribution >= 0.6 is 0 Å². The molecule has 1 saturated carbocycles. The molecule has 2 aromatic rings. The molecule has 1 aliphatic carbocycles. The average molecular weight is 259 g/mol. The summed E-state index contributed by atoms with van der Waals surface area (Å²) in [6.45, 7) is 2.00. The van der Waals surface area contributed by atoms with E-state index in [9.17, 15) is 0 Å². The first-order chi connectivity index (χ1) is 9.15. The molecular weight excluding hydrogens is 242 g/mol. The normalized spacial score (nSPS) is 14.5. The van der Waals surface area contributed by atoms with E-state index in [1.165, 1.54) is 0 Å². The molecule has 2 heterocycles. The fraction of sp³-hybridized carbons (Fsp3) is 0.417. The third kappa shape index (κ3) is 2.50. The summed E-state index contributed by atoms with van der Waals surface area (Å²) in [5.74, 6) is 8.85. The van der Waals surface area contributed by atoms with Crippen LogP contribution in [-0.2, 0) is 7.05 Å². The van der Waals surface area contributed by atoms with Gasteiger partial charge in [0.15, 0.2) is 5.82 Å². The first-order valence-electron chi connectivity index (χ1n) is 6.29. The van der Waals surface area contributed by atoms with E-state index in [-0.39, 0.29) is 0 Å². The van der Waals surface area contributed by atoms with Crippen molar-refractivity contribution >= 4 is 17.5 Å². The van der Waals surface area contributed by atoms with E-state index >= 15 is 0 Å². The number of nitrogens with zero attached hydrogens (tertiary/aromatic N) is 4. The highest BCUT2D eigenvalue weighted by Crippen LogP contribution is 2.38. The molecule has 4 N–H and O–H groups in total. The Labute approximate surface area is 111 Å². The number of hydrogen-bond donors (Lipinski definition) is 3. The molecule has 1 aliphatic rings. The van der Waals surface area contributed by atoms with Crippen LogP contribution in [-0.4, -0.2) is 19.7 Å². The molecule has 1 fully saturated rings. The zero-order valence-corrected chi connectivity index (χ0v) is 11.0. The van der Waals surface area contributed by atoms with Crippen LogP contribution < -0.4 is 16.6 Å². The van der Waals surface area contributed by atoms with Gasteiger partial charge in [0.2, 0.25) is 0 Å². The van der Waals surface area contributed by atoms with Crippen molar-refractivity contribution in [2.45, 2.75) is 25.7 Å². The molecule has 7 heteroatoms. The van der Waals surface area contributed by atoms with Crippen LogP contribution in [0.1, 0.15) is 30.3 Å². The fourth-order valence-corrected chi connectivity index (χ4v) is 1.88. The van der Waals surface area contributed by atoms with E-state index in [0.717, 1.165) is 30.2 Å². The molecule has 0 unspecified atom stereocenters. The van der Waals surface area contributed by atoms with Gasteiger partial charge in [0.1, 0.15) is 17.5 Å². The molecule has 0 radical (unpaired) electrons. The molecule has 100 valence electrons. The van der Waals surface area contributed by atoms with Crippen molar-refractivity contribution < 1.29 is 0 Å². The van der Waals surface area contributed by atoms with Crippen molar-refractivity contribution in [2.24, 2.45) is 12.9 Å². The Balaban J connectivity index is 1.88. The van der Waals surface area contributed by atoms with E-state index in [4.69, 9.17) is 5.84 Å². The van der Waals surface area contributed by atoms with Crippen molar-refractivity contribution in [3.05, 3.63) is 23.7 Å². The highest BCUT2D eigenvalue weighted by atomic mass is 15.3. The Kier molecular flexibility index (Phi) is 2.83. The summed E-state index contributed by atoms with van der Waals surface area (Å²) >= 11 is 0. The molecule has 19 heavy (non-hydrogen) atoms. The lowest BCUT2D eigenvalue weighted by Gasteiger charge is -2.07. The van der Waals surface area contributed by atoms with Gasteiger partial charge in [-0.05, 0) is 19.8 Å². The number of nitrogens with two attached hydrogens (primary N) is 1. The predicted molar refractivity (Wildman–Crippen MR) is 73.0 cm³/mol. The van der Waals surface area contributed by atoms with Crippen molar-refractivity contribution in [3.8, 4) is 0 Å². The van der Waals surface area contributed by atoms with Crippen LogP contribution in [0, 0.1) is 6.92 Å². The van der Waals surface area contributed by atoms with Gasteiger partial charge < -0.3 is 10.7 Å². The Morgan fingerprint density at radius 3 is 2.53 bits per heavy atom. The highest BCUT2D eigenvalue weighted by Gasteiger charge is 2.27. The molecule has 0 amide bonds. The smallest absolute Gasteiger partial charge is 0.153 e. The molecule has 2 aromatic heterocycles. The van der Waals surface area contributed by atoms with Gasteiger partial charge in [-0.15, -0.1) is 0 Å². The van der Waals surface area contributed by atoms with Crippen molar-refractivity contribution in [1.29, 1.82) is 0 Å². The molecule has 0 aromatic carbocycles. The third-order valence-corrected chi connectivity index (χ3v) is 3.20. The maximum atomic E-state index is 5.44. The van der Waals surface area contributed by atoms with E-state index in [1.807, 2.05) is 24.7 Å². The monoisotopic (exact) mass is 259 g/mol. The first kappa shape index (κ1) is 11.9. The molecule has 0 bridgehead atoms. The summed E-state index contributed by atoms with van der Waals surface area (Å²) in [7, 11) is 1.91. The minimum Gasteiger partial charge on any atom is -0.323 e. The van der Waals surface area contributed by atoms with Crippen LogP contribution in [0.15, 0.2) is 12.1 Å². The minimum absolute atomic E-state index is 0.472. The lowest BCUT2D eigenvalue weighted by atomic mass is 10.3. The van der Waals surface area contributed by atoms with Gasteiger partial charge in [0.25, 0.3) is 0 Å². The molecule has 0 spiro atoms. The van der Waals surface area contributed by atoms with Gasteiger partial charge in [-0.1, -0.05) is 0 Å². The summed E-state index contributed by atoms with van der Waals surface area (Å²) in [6, 6.07) is 3.74. The number of anilines is 3. The standard InChI is InChI=1S/C12H17N7/c1-7-5-11(18-19(7)2)14-9-6-10(17-13)16-12(15-9)8-3-4-8/h5-6,8H,3-4,13H2,1-2H3,(H2,14,15,16,17,18). The van der Waals surface area contributed by atoms with Crippen molar-refractivity contribution in [2.75, 3.05) is 10.7 Å². The molecule has 3 rings (SSSR count). The Hall–Kier alpha value is -2.15. The summed E-state index contributed by atoms with van der Waals surface area (Å²) in [5.41, 5.74) is 3.66. The lowest BCUT2D eigenvalue weighted by molar-refractivity contribution is 0.743. The van der Waals surface area contributed by atoms with Crippen molar-refractivity contribution in [1.82, 2.24) is 19.7 Å². The fourth-order valence-electron chi connectivity index (χ4n) is 1.88. The molecule has 7 nitrogen and oxygen atoms in total. The van der Waals surface area contributed by atoms with Gasteiger partial charge in [-0.2, -0.15) is 5.10 Å². The topological polar surface area (TPSA) is 93.7 Å². The zero-order valence-electron chi connectivity index (χ0n) is 11.0. The van der Waals surface area contributed by atoms with Crippen molar-refractivity contribution in [3.63, 3.8) is 0 Å². The number of nitrogen functional groups attached to an aromatic ring is 1. The number of nitrogens with one attached hydrogen (secondary N) is 2. The summed E-state index contributed by atoms with van der Waals surface area (Å²) in [5, 5.41) is 7.53. The number of rotatable bonds is 4. The van der Waals surface area contributed by atoms with Crippen LogP contribution in [0.2, 0.25) is 0 Å². The Bertz CT molecular complexity index is 581. The maximum Gasteiger partial charge on any atom is 0.153 e. The van der Waals surface area contributed by atoms with E-state index < -0.39 is 0 Å². The largest absolute Gasteiger partial charge is 0.323 e. The zero-order chi connectivity index (χ0) is 13.4. The average Bonchev–Trinajstić information content (AvgIpc) is 3.18. The molecule has 0 aliphatic heterocycles. The van der Waals surface area contributed by atoms with Crippen LogP contribution in [0.25, 0.3) is 0 Å². The second kappa shape index (κ2) is 4.51. The third-order valence-electron chi connectivity index (χ3n) is 3.20. The molecular formula is C12H17N7. The number of aromatic nitrogens is 4. The lowest BCUT2D eigenvalue weighted by Crippen LogP contribution is -2.11. The first-order valence-corrected chi connectivity index (χ1v) is 6.29. The highest BCUT2D eigenvalue weighted by molar-refractivity contribution is 5.56. The molecule has 0 saturated heterocycles.